The number of morpholine rings is 1. The molecule has 2 aliphatic heterocycles. The van der Waals surface area contributed by atoms with Gasteiger partial charge < -0.3 is 58.5 Å². The van der Waals surface area contributed by atoms with Crippen molar-refractivity contribution < 1.29 is 42.7 Å². The van der Waals surface area contributed by atoms with E-state index in [0.29, 0.717) is 73.0 Å². The molecule has 2 fully saturated rings. The van der Waals surface area contributed by atoms with Crippen molar-refractivity contribution in [3.05, 3.63) is 71.4 Å². The third-order valence-corrected chi connectivity index (χ3v) is 9.96. The Morgan fingerprint density at radius 2 is 1.55 bits per heavy atom. The predicted octanol–water partition coefficient (Wildman–Crippen LogP) is 5.16. The summed E-state index contributed by atoms with van der Waals surface area (Å²) >= 11 is 0. The standard InChI is InChI=1S/C42H53N7O9/c1-28-9-7-10-29(2)38(28)45-40(51)32-26-43-42(44-30-23-35(53-5)39(54-6)36(24-30)56-20-8-13-48-16-14-47(3)15-17-48)46-41(32)58-33-12-11-31(25-34(33)52-4)57-27-37(50)49-18-21-55-22-19-49/h7,9-12,23-26H,8,13-22,27H2,1-6H3,(H,45,51)(H,43,44,46). The van der Waals surface area contributed by atoms with Crippen molar-refractivity contribution in [3.63, 3.8) is 0 Å². The molecule has 16 nitrogen and oxygen atoms in total. The smallest absolute Gasteiger partial charge is 0.262 e. The second-order valence-electron chi connectivity index (χ2n) is 14.0. The number of carbonyl (C=O) groups excluding carboxylic acids is 2. The molecule has 0 unspecified atom stereocenters. The van der Waals surface area contributed by atoms with Gasteiger partial charge in [0, 0.05) is 81.6 Å². The Balaban J connectivity index is 1.24. The fourth-order valence-corrected chi connectivity index (χ4v) is 6.61. The van der Waals surface area contributed by atoms with Crippen LogP contribution in [0.1, 0.15) is 27.9 Å². The van der Waals surface area contributed by atoms with E-state index in [1.165, 1.54) is 13.3 Å². The molecule has 2 N–H and O–H groups in total. The molecule has 0 aliphatic carbocycles. The van der Waals surface area contributed by atoms with Crippen LogP contribution in [0, 0.1) is 13.8 Å². The zero-order valence-electron chi connectivity index (χ0n) is 34.1. The van der Waals surface area contributed by atoms with Crippen molar-refractivity contribution in [1.29, 1.82) is 0 Å². The zero-order valence-corrected chi connectivity index (χ0v) is 34.1. The van der Waals surface area contributed by atoms with Crippen molar-refractivity contribution in [2.45, 2.75) is 20.3 Å². The van der Waals surface area contributed by atoms with Crippen molar-refractivity contribution in [2.24, 2.45) is 0 Å². The van der Waals surface area contributed by atoms with E-state index >= 15 is 0 Å². The maximum atomic E-state index is 13.9. The summed E-state index contributed by atoms with van der Waals surface area (Å²) in [6.07, 6.45) is 2.23. The number of para-hydroxylation sites is 1. The number of methoxy groups -OCH3 is 3. The summed E-state index contributed by atoms with van der Waals surface area (Å²) in [7, 11) is 6.74. The van der Waals surface area contributed by atoms with Gasteiger partial charge in [0.05, 0.1) is 41.2 Å². The summed E-state index contributed by atoms with van der Waals surface area (Å²) in [5, 5.41) is 6.21. The van der Waals surface area contributed by atoms with Gasteiger partial charge in [0.1, 0.15) is 11.3 Å². The SMILES string of the molecule is COc1cc(OCC(=O)N2CCOCC2)ccc1Oc1nc(Nc2cc(OC)c(OC)c(OCCCN3CCN(C)CC3)c2)ncc1C(=O)Nc1c(C)cccc1C. The topological polar surface area (TPSA) is 158 Å². The molecule has 6 rings (SSSR count). The molecular formula is C42H53N7O9. The average molecular weight is 800 g/mol. The highest BCUT2D eigenvalue weighted by Crippen LogP contribution is 2.41. The molecule has 1 aromatic heterocycles. The maximum Gasteiger partial charge on any atom is 0.262 e. The van der Waals surface area contributed by atoms with E-state index in [2.05, 4.69) is 37.4 Å². The molecule has 2 aliphatic rings. The molecule has 4 aromatic rings. The van der Waals surface area contributed by atoms with E-state index in [0.717, 1.165) is 50.3 Å². The van der Waals surface area contributed by atoms with Gasteiger partial charge in [-0.25, -0.2) is 4.98 Å². The number of hydrogen-bond acceptors (Lipinski definition) is 14. The first-order chi connectivity index (χ1) is 28.1. The lowest BCUT2D eigenvalue weighted by molar-refractivity contribution is -0.137. The minimum absolute atomic E-state index is 0.0449. The van der Waals surface area contributed by atoms with Crippen LogP contribution < -0.4 is 39.1 Å². The normalized spacial score (nSPS) is 14.7. The fourth-order valence-electron chi connectivity index (χ4n) is 6.61. The number of ether oxygens (including phenoxy) is 7. The van der Waals surface area contributed by atoms with Crippen LogP contribution >= 0.6 is 0 Å². The first-order valence-electron chi connectivity index (χ1n) is 19.3. The lowest BCUT2D eigenvalue weighted by Crippen LogP contribution is -2.44. The lowest BCUT2D eigenvalue weighted by atomic mass is 10.1. The van der Waals surface area contributed by atoms with Crippen molar-refractivity contribution in [3.8, 4) is 40.4 Å². The second kappa shape index (κ2) is 20.0. The van der Waals surface area contributed by atoms with Gasteiger partial charge in [-0.3, -0.25) is 9.59 Å². The summed E-state index contributed by atoms with van der Waals surface area (Å²) in [5.41, 5.74) is 3.09. The molecule has 310 valence electrons. The lowest BCUT2D eigenvalue weighted by Gasteiger charge is -2.32. The molecular weight excluding hydrogens is 747 g/mol. The number of hydrogen-bond donors (Lipinski definition) is 2. The third-order valence-electron chi connectivity index (χ3n) is 9.96. The second-order valence-corrected chi connectivity index (χ2v) is 14.0. The number of nitrogens with zero attached hydrogens (tertiary/aromatic N) is 5. The minimum atomic E-state index is -0.474. The first kappa shape index (κ1) is 41.8. The van der Waals surface area contributed by atoms with Crippen LogP contribution in [-0.2, 0) is 9.53 Å². The molecule has 58 heavy (non-hydrogen) atoms. The number of piperazine rings is 1. The summed E-state index contributed by atoms with van der Waals surface area (Å²) < 4.78 is 40.7. The van der Waals surface area contributed by atoms with Gasteiger partial charge in [0.2, 0.25) is 17.6 Å². The number of anilines is 3. The van der Waals surface area contributed by atoms with E-state index in [9.17, 15) is 9.59 Å². The highest BCUT2D eigenvalue weighted by molar-refractivity contribution is 6.06. The van der Waals surface area contributed by atoms with Crippen LogP contribution in [-0.4, -0.2) is 137 Å². The Labute approximate surface area is 339 Å². The largest absolute Gasteiger partial charge is 0.493 e. The molecule has 0 spiro atoms. The van der Waals surface area contributed by atoms with Crippen molar-refractivity contribution >= 4 is 29.1 Å². The fraction of sp³-hybridized carbons (Fsp3) is 0.429. The van der Waals surface area contributed by atoms with Crippen molar-refractivity contribution in [1.82, 2.24) is 24.7 Å². The Morgan fingerprint density at radius 1 is 0.828 bits per heavy atom. The molecule has 0 atom stereocenters. The van der Waals surface area contributed by atoms with Crippen LogP contribution in [0.25, 0.3) is 0 Å². The van der Waals surface area contributed by atoms with Gasteiger partial charge in [-0.2, -0.15) is 4.98 Å². The monoisotopic (exact) mass is 799 g/mol. The van der Waals surface area contributed by atoms with Gasteiger partial charge in [0.25, 0.3) is 11.8 Å². The van der Waals surface area contributed by atoms with Crippen LogP contribution in [0.2, 0.25) is 0 Å². The molecule has 3 aromatic carbocycles. The van der Waals surface area contributed by atoms with Crippen LogP contribution in [0.3, 0.4) is 0 Å². The molecule has 0 saturated carbocycles. The number of nitrogens with one attached hydrogen (secondary N) is 2. The molecule has 0 radical (unpaired) electrons. The van der Waals surface area contributed by atoms with Gasteiger partial charge in [-0.05, 0) is 50.6 Å². The molecule has 3 heterocycles. The number of carbonyl (C=O) groups is 2. The number of aryl methyl sites for hydroxylation is 2. The Hall–Kier alpha value is -5.84. The molecule has 2 amide bonds. The third kappa shape index (κ3) is 10.8. The number of aromatic nitrogens is 2. The number of benzene rings is 3. The van der Waals surface area contributed by atoms with Gasteiger partial charge in [0.15, 0.2) is 29.6 Å². The van der Waals surface area contributed by atoms with Crippen LogP contribution in [0.4, 0.5) is 17.3 Å². The van der Waals surface area contributed by atoms with Crippen LogP contribution in [0.15, 0.2) is 54.7 Å². The van der Waals surface area contributed by atoms with E-state index in [1.54, 1.807) is 49.5 Å². The highest BCUT2D eigenvalue weighted by atomic mass is 16.5. The van der Waals surface area contributed by atoms with Crippen molar-refractivity contribution in [2.75, 3.05) is 111 Å². The zero-order chi connectivity index (χ0) is 41.0. The Kier molecular flexibility index (Phi) is 14.4. The molecule has 16 heteroatoms. The summed E-state index contributed by atoms with van der Waals surface area (Å²) in [6.45, 7) is 11.3. The maximum absolute atomic E-state index is 13.9. The van der Waals surface area contributed by atoms with Gasteiger partial charge in [-0.1, -0.05) is 18.2 Å². The number of likely N-dealkylation sites (N-methyl/N-ethyl adjacent to an activating group) is 1. The molecule has 2 saturated heterocycles. The average Bonchev–Trinajstić information content (AvgIpc) is 3.24. The van der Waals surface area contributed by atoms with E-state index in [1.807, 2.05) is 32.0 Å². The molecule has 0 bridgehead atoms. The Bertz CT molecular complexity index is 2010. The summed E-state index contributed by atoms with van der Waals surface area (Å²) in [4.78, 5) is 42.2. The van der Waals surface area contributed by atoms with Gasteiger partial charge in [-0.15, -0.1) is 0 Å². The Morgan fingerprint density at radius 3 is 2.26 bits per heavy atom. The minimum Gasteiger partial charge on any atom is -0.493 e. The summed E-state index contributed by atoms with van der Waals surface area (Å²) in [5.74, 6) is 1.80. The van der Waals surface area contributed by atoms with E-state index < -0.39 is 5.91 Å². The van der Waals surface area contributed by atoms with E-state index in [-0.39, 0.29) is 35.7 Å². The predicted molar refractivity (Wildman–Crippen MR) is 219 cm³/mol. The summed E-state index contributed by atoms with van der Waals surface area (Å²) in [6, 6.07) is 14.2. The quantitative estimate of drug-likeness (QED) is 0.135. The number of amides is 2. The first-order valence-corrected chi connectivity index (χ1v) is 19.3. The van der Waals surface area contributed by atoms with Crippen LogP contribution in [0.5, 0.6) is 40.4 Å². The van der Waals surface area contributed by atoms with Gasteiger partial charge >= 0.3 is 0 Å². The highest BCUT2D eigenvalue weighted by Gasteiger charge is 2.23. The van der Waals surface area contributed by atoms with E-state index in [4.69, 9.17) is 33.2 Å². The number of rotatable bonds is 17.